The van der Waals surface area contributed by atoms with Gasteiger partial charge in [-0.1, -0.05) is 27.7 Å². The molecule has 1 aromatic heterocycles. The van der Waals surface area contributed by atoms with Gasteiger partial charge < -0.3 is 9.80 Å². The van der Waals surface area contributed by atoms with E-state index in [0.29, 0.717) is 0 Å². The zero-order valence-corrected chi connectivity index (χ0v) is 14.5. The highest BCUT2D eigenvalue weighted by molar-refractivity contribution is 5.46. The minimum atomic E-state index is 0.894. The number of hydrogen-bond acceptors (Lipinski definition) is 4. The molecule has 0 aromatic carbocycles. The van der Waals surface area contributed by atoms with E-state index in [1.807, 2.05) is 0 Å². The summed E-state index contributed by atoms with van der Waals surface area (Å²) in [5.41, 5.74) is 1.06. The lowest BCUT2D eigenvalue weighted by Gasteiger charge is -2.26. The van der Waals surface area contributed by atoms with Crippen molar-refractivity contribution in [1.29, 1.82) is 0 Å². The molecule has 0 amide bonds. The zero-order valence-electron chi connectivity index (χ0n) is 14.5. The van der Waals surface area contributed by atoms with Crippen molar-refractivity contribution in [2.24, 2.45) is 0 Å². The maximum atomic E-state index is 4.85. The van der Waals surface area contributed by atoms with Gasteiger partial charge in [-0.3, -0.25) is 0 Å². The maximum Gasteiger partial charge on any atom is 0.227 e. The normalized spacial score (nSPS) is 10.7. The Balaban J connectivity index is 3.05. The molecule has 0 saturated heterocycles. The number of aromatic nitrogens is 2. The van der Waals surface area contributed by atoms with Gasteiger partial charge in [-0.15, -0.1) is 0 Å². The van der Waals surface area contributed by atoms with Gasteiger partial charge in [-0.2, -0.15) is 4.98 Å². The molecule has 1 rings (SSSR count). The predicted molar refractivity (Wildman–Crippen MR) is 92.4 cm³/mol. The molecule has 21 heavy (non-hydrogen) atoms. The van der Waals surface area contributed by atoms with Crippen LogP contribution in [0.1, 0.15) is 59.1 Å². The van der Waals surface area contributed by atoms with Crippen molar-refractivity contribution in [3.05, 3.63) is 11.8 Å². The Morgan fingerprint density at radius 2 is 1.24 bits per heavy atom. The van der Waals surface area contributed by atoms with Crippen molar-refractivity contribution in [3.8, 4) is 0 Å². The minimum absolute atomic E-state index is 0.894. The molecule has 0 fully saturated rings. The van der Waals surface area contributed by atoms with Gasteiger partial charge in [0.05, 0.1) is 0 Å². The van der Waals surface area contributed by atoms with Crippen LogP contribution in [-0.2, 0) is 0 Å². The molecule has 1 aromatic rings. The highest BCUT2D eigenvalue weighted by Crippen LogP contribution is 2.18. The van der Waals surface area contributed by atoms with Crippen LogP contribution in [0.15, 0.2) is 6.07 Å². The Kier molecular flexibility index (Phi) is 8.09. The van der Waals surface area contributed by atoms with Crippen molar-refractivity contribution in [2.75, 3.05) is 36.0 Å². The van der Waals surface area contributed by atoms with Crippen LogP contribution in [0.25, 0.3) is 0 Å². The maximum absolute atomic E-state index is 4.85. The van der Waals surface area contributed by atoms with Gasteiger partial charge in [0.2, 0.25) is 5.95 Å². The van der Waals surface area contributed by atoms with E-state index < -0.39 is 0 Å². The zero-order chi connectivity index (χ0) is 15.7. The highest BCUT2D eigenvalue weighted by atomic mass is 15.3. The lowest BCUT2D eigenvalue weighted by atomic mass is 10.3. The molecule has 0 radical (unpaired) electrons. The Morgan fingerprint density at radius 1 is 0.762 bits per heavy atom. The van der Waals surface area contributed by atoms with Crippen molar-refractivity contribution < 1.29 is 0 Å². The molecule has 0 saturated carbocycles. The summed E-state index contributed by atoms with van der Waals surface area (Å²) < 4.78 is 0. The summed E-state index contributed by atoms with van der Waals surface area (Å²) in [6.07, 6.45) is 4.54. The second-order valence-electron chi connectivity index (χ2n) is 5.64. The number of anilines is 2. The molecule has 0 bridgehead atoms. The van der Waals surface area contributed by atoms with E-state index in [9.17, 15) is 0 Å². The van der Waals surface area contributed by atoms with Gasteiger partial charge in [0.1, 0.15) is 5.82 Å². The van der Waals surface area contributed by atoms with Crippen LogP contribution in [0, 0.1) is 6.92 Å². The van der Waals surface area contributed by atoms with Crippen LogP contribution in [-0.4, -0.2) is 36.1 Å². The summed E-state index contributed by atoms with van der Waals surface area (Å²) >= 11 is 0. The van der Waals surface area contributed by atoms with E-state index in [1.165, 1.54) is 0 Å². The van der Waals surface area contributed by atoms with Gasteiger partial charge in [0, 0.05) is 37.9 Å². The molecule has 4 nitrogen and oxygen atoms in total. The second kappa shape index (κ2) is 9.59. The highest BCUT2D eigenvalue weighted by Gasteiger charge is 2.13. The van der Waals surface area contributed by atoms with E-state index in [4.69, 9.17) is 4.98 Å². The molecule has 0 aliphatic carbocycles. The summed E-state index contributed by atoms with van der Waals surface area (Å²) in [6.45, 7) is 15.1. The number of aryl methyl sites for hydroxylation is 1. The summed E-state index contributed by atoms with van der Waals surface area (Å²) in [6, 6.07) is 2.12. The average molecular weight is 292 g/mol. The Bertz CT molecular complexity index is 360. The monoisotopic (exact) mass is 292 g/mol. The largest absolute Gasteiger partial charge is 0.356 e. The number of rotatable bonds is 10. The van der Waals surface area contributed by atoms with Crippen molar-refractivity contribution in [3.63, 3.8) is 0 Å². The van der Waals surface area contributed by atoms with E-state index in [2.05, 4.69) is 55.5 Å². The third-order valence-corrected chi connectivity index (χ3v) is 3.41. The minimum Gasteiger partial charge on any atom is -0.356 e. The summed E-state index contributed by atoms with van der Waals surface area (Å²) in [4.78, 5) is 14.2. The first-order valence-corrected chi connectivity index (χ1v) is 8.51. The van der Waals surface area contributed by atoms with Crippen LogP contribution in [0.3, 0.4) is 0 Å². The Morgan fingerprint density at radius 3 is 1.71 bits per heavy atom. The molecule has 0 N–H and O–H groups in total. The summed E-state index contributed by atoms with van der Waals surface area (Å²) in [5, 5.41) is 0. The van der Waals surface area contributed by atoms with Gasteiger partial charge >= 0.3 is 0 Å². The molecule has 0 atom stereocenters. The Hall–Kier alpha value is -1.32. The van der Waals surface area contributed by atoms with Crippen LogP contribution in [0.5, 0.6) is 0 Å². The topological polar surface area (TPSA) is 32.3 Å². The van der Waals surface area contributed by atoms with E-state index in [-0.39, 0.29) is 0 Å². The van der Waals surface area contributed by atoms with Crippen LogP contribution >= 0.6 is 0 Å². The lowest BCUT2D eigenvalue weighted by Crippen LogP contribution is -2.30. The van der Waals surface area contributed by atoms with Crippen LogP contribution < -0.4 is 9.80 Å². The molecule has 1 heterocycles. The number of nitrogens with zero attached hydrogens (tertiary/aromatic N) is 4. The third kappa shape index (κ3) is 5.52. The van der Waals surface area contributed by atoms with Gasteiger partial charge in [0.25, 0.3) is 0 Å². The van der Waals surface area contributed by atoms with Crippen molar-refractivity contribution >= 4 is 11.8 Å². The molecular formula is C17H32N4. The van der Waals surface area contributed by atoms with Gasteiger partial charge in [0.15, 0.2) is 0 Å². The Labute approximate surface area is 130 Å². The fraction of sp³-hybridized carbons (Fsp3) is 0.765. The molecule has 0 aliphatic heterocycles. The molecule has 0 aliphatic rings. The van der Waals surface area contributed by atoms with E-state index in [1.54, 1.807) is 0 Å². The molecule has 120 valence electrons. The lowest BCUT2D eigenvalue weighted by molar-refractivity contribution is 0.704. The smallest absolute Gasteiger partial charge is 0.227 e. The van der Waals surface area contributed by atoms with E-state index >= 15 is 0 Å². The first-order valence-electron chi connectivity index (χ1n) is 8.51. The standard InChI is InChI=1S/C17H32N4/c1-6-10-20(11-7-2)16-14-15(5)18-17(19-16)21(12-8-3)13-9-4/h14H,6-13H2,1-5H3. The van der Waals surface area contributed by atoms with Crippen molar-refractivity contribution in [1.82, 2.24) is 9.97 Å². The average Bonchev–Trinajstić information content (AvgIpc) is 2.46. The SMILES string of the molecule is CCCN(CCC)c1cc(C)nc(N(CCC)CCC)n1. The fourth-order valence-corrected chi connectivity index (χ4v) is 2.57. The van der Waals surface area contributed by atoms with Crippen LogP contribution in [0.4, 0.5) is 11.8 Å². The fourth-order valence-electron chi connectivity index (χ4n) is 2.57. The first-order chi connectivity index (χ1) is 10.2. The predicted octanol–water partition coefficient (Wildman–Crippen LogP) is 4.04. The first kappa shape index (κ1) is 17.7. The summed E-state index contributed by atoms with van der Waals surface area (Å²) in [5.74, 6) is 1.98. The molecular weight excluding hydrogens is 260 g/mol. The molecule has 0 unspecified atom stereocenters. The quantitative estimate of drug-likeness (QED) is 0.651. The van der Waals surface area contributed by atoms with Gasteiger partial charge in [-0.25, -0.2) is 4.98 Å². The van der Waals surface area contributed by atoms with Crippen molar-refractivity contribution in [2.45, 2.75) is 60.3 Å². The van der Waals surface area contributed by atoms with E-state index in [0.717, 1.165) is 69.3 Å². The molecule has 4 heteroatoms. The second-order valence-corrected chi connectivity index (χ2v) is 5.64. The summed E-state index contributed by atoms with van der Waals surface area (Å²) in [7, 11) is 0. The van der Waals surface area contributed by atoms with Crippen LogP contribution in [0.2, 0.25) is 0 Å². The third-order valence-electron chi connectivity index (χ3n) is 3.41. The molecule has 0 spiro atoms. The number of hydrogen-bond donors (Lipinski definition) is 0. The van der Waals surface area contributed by atoms with Gasteiger partial charge in [-0.05, 0) is 32.6 Å².